The summed E-state index contributed by atoms with van der Waals surface area (Å²) in [7, 11) is 3.52. The Kier molecular flexibility index (Phi) is 7.90. The third kappa shape index (κ3) is 5.29. The van der Waals surface area contributed by atoms with Gasteiger partial charge in [0.2, 0.25) is 6.17 Å². The van der Waals surface area contributed by atoms with E-state index in [4.69, 9.17) is 45.1 Å². The van der Waals surface area contributed by atoms with E-state index in [1.807, 2.05) is 30.3 Å². The average Bonchev–Trinajstić information content (AvgIpc) is 2.90. The summed E-state index contributed by atoms with van der Waals surface area (Å²) in [6, 6.07) is 13.0. The second-order valence-electron chi connectivity index (χ2n) is 8.96. The molecule has 3 N–H and O–H groups in total. The molecule has 2 aliphatic rings. The van der Waals surface area contributed by atoms with Gasteiger partial charge in [0, 0.05) is 28.8 Å². The maximum Gasteiger partial charge on any atom is 0.361 e. The van der Waals surface area contributed by atoms with Crippen molar-refractivity contribution >= 4 is 57.8 Å². The maximum absolute atomic E-state index is 13.5. The first-order valence-electron chi connectivity index (χ1n) is 11.4. The van der Waals surface area contributed by atoms with E-state index in [2.05, 4.69) is 17.6 Å². The molecule has 1 amide bonds. The van der Waals surface area contributed by atoms with Crippen LogP contribution in [0.4, 0.5) is 5.69 Å². The number of aliphatic imine (C=N–C) groups is 1. The Morgan fingerprint density at radius 3 is 2.65 bits per heavy atom. The summed E-state index contributed by atoms with van der Waals surface area (Å²) in [5.41, 5.74) is 2.85. The zero-order valence-corrected chi connectivity index (χ0v) is 21.7. The van der Waals surface area contributed by atoms with Gasteiger partial charge in [-0.15, -0.1) is 0 Å². The second-order valence-corrected chi connectivity index (χ2v) is 10.2. The molecular formula is C25H29Cl2N4O2S+. The van der Waals surface area contributed by atoms with Crippen LogP contribution >= 0.6 is 35.4 Å². The van der Waals surface area contributed by atoms with Gasteiger partial charge >= 0.3 is 5.91 Å². The van der Waals surface area contributed by atoms with Crippen LogP contribution in [0, 0.1) is 5.92 Å². The number of amides is 1. The number of thiocarbonyl (C=S) groups is 1. The first-order valence-corrected chi connectivity index (χ1v) is 12.6. The quantitative estimate of drug-likeness (QED) is 0.539. The molecule has 9 heteroatoms. The van der Waals surface area contributed by atoms with E-state index >= 15 is 0 Å². The van der Waals surface area contributed by atoms with Gasteiger partial charge in [0.25, 0.3) is 0 Å². The summed E-state index contributed by atoms with van der Waals surface area (Å²) in [5.74, 6) is 0.418. The minimum absolute atomic E-state index is 0.0719. The highest BCUT2D eigenvalue weighted by Crippen LogP contribution is 2.28. The number of rotatable bonds is 4. The molecule has 1 aliphatic carbocycles. The van der Waals surface area contributed by atoms with Crippen molar-refractivity contribution in [2.45, 2.75) is 44.5 Å². The predicted molar refractivity (Wildman–Crippen MR) is 140 cm³/mol. The molecule has 0 bridgehead atoms. The summed E-state index contributed by atoms with van der Waals surface area (Å²) in [6.07, 6.45) is 2.21. The predicted octanol–water partition coefficient (Wildman–Crippen LogP) is 3.51. The zero-order valence-electron chi connectivity index (χ0n) is 19.4. The first-order chi connectivity index (χ1) is 16.3. The van der Waals surface area contributed by atoms with Gasteiger partial charge < -0.3 is 15.4 Å². The number of carbonyl (C=O) groups is 1. The van der Waals surface area contributed by atoms with Crippen molar-refractivity contribution in [3.8, 4) is 0 Å². The summed E-state index contributed by atoms with van der Waals surface area (Å²) in [4.78, 5) is 18.9. The van der Waals surface area contributed by atoms with Crippen LogP contribution in [0.2, 0.25) is 10.0 Å². The van der Waals surface area contributed by atoms with Gasteiger partial charge in [-0.1, -0.05) is 48.3 Å². The van der Waals surface area contributed by atoms with Crippen LogP contribution in [-0.2, 0) is 9.53 Å². The monoisotopic (exact) mass is 519 g/mol. The number of hydrogen-bond acceptors (Lipinski definition) is 4. The topological polar surface area (TPSA) is 67.2 Å². The van der Waals surface area contributed by atoms with Crippen LogP contribution < -0.4 is 15.5 Å². The molecule has 4 rings (SSSR count). The molecule has 1 saturated carbocycles. The molecular weight excluding hydrogens is 491 g/mol. The Morgan fingerprint density at radius 1 is 1.15 bits per heavy atom. The number of quaternary nitrogens is 1. The van der Waals surface area contributed by atoms with Crippen LogP contribution in [0.1, 0.15) is 37.3 Å². The average molecular weight is 521 g/mol. The Morgan fingerprint density at radius 2 is 1.91 bits per heavy atom. The fourth-order valence-corrected chi connectivity index (χ4v) is 5.38. The number of benzodiazepines with no additional fused rings is 1. The molecule has 180 valence electrons. The number of hydrogen-bond donors (Lipinski definition) is 3. The number of ether oxygens (including phenoxy) is 1. The molecule has 1 aliphatic heterocycles. The number of nitrogens with zero attached hydrogens (tertiary/aromatic N) is 1. The molecule has 34 heavy (non-hydrogen) atoms. The van der Waals surface area contributed by atoms with E-state index in [0.717, 1.165) is 36.1 Å². The van der Waals surface area contributed by atoms with Crippen LogP contribution in [0.15, 0.2) is 47.5 Å². The molecule has 0 aromatic heterocycles. The van der Waals surface area contributed by atoms with Crippen molar-refractivity contribution in [3.63, 3.8) is 0 Å². The summed E-state index contributed by atoms with van der Waals surface area (Å²) >= 11 is 18.5. The lowest BCUT2D eigenvalue weighted by atomic mass is 9.85. The van der Waals surface area contributed by atoms with Gasteiger partial charge in [0.05, 0.1) is 30.5 Å². The number of nitrogens with one attached hydrogen (secondary N) is 3. The van der Waals surface area contributed by atoms with E-state index in [0.29, 0.717) is 31.7 Å². The normalized spacial score (nSPS) is 26.8. The van der Waals surface area contributed by atoms with Crippen molar-refractivity contribution in [1.29, 1.82) is 0 Å². The highest BCUT2D eigenvalue weighted by atomic mass is 35.5. The second kappa shape index (κ2) is 10.7. The van der Waals surface area contributed by atoms with Gasteiger partial charge in [-0.25, -0.2) is 14.7 Å². The zero-order chi connectivity index (χ0) is 24.4. The SMILES string of the molecule is COC1CCC(C)CC1NC(=S)NC1N=C(c2ccccc2Cl)c2cc(Cl)ccc2[NH+](C)C1=O. The molecule has 1 heterocycles. The minimum Gasteiger partial charge on any atom is -0.379 e. The third-order valence-electron chi connectivity index (χ3n) is 6.58. The summed E-state index contributed by atoms with van der Waals surface area (Å²) < 4.78 is 5.67. The van der Waals surface area contributed by atoms with E-state index in [1.165, 1.54) is 0 Å². The van der Waals surface area contributed by atoms with Crippen molar-refractivity contribution < 1.29 is 14.4 Å². The van der Waals surface area contributed by atoms with Crippen molar-refractivity contribution in [1.82, 2.24) is 10.6 Å². The van der Waals surface area contributed by atoms with Gasteiger partial charge in [-0.05, 0) is 55.6 Å². The maximum atomic E-state index is 13.5. The van der Waals surface area contributed by atoms with Crippen LogP contribution in [-0.4, -0.2) is 49.2 Å². The van der Waals surface area contributed by atoms with Crippen LogP contribution in [0.25, 0.3) is 0 Å². The Bertz CT molecular complexity index is 1130. The molecule has 2 aromatic carbocycles. The molecule has 0 spiro atoms. The fourth-order valence-electron chi connectivity index (χ4n) is 4.72. The van der Waals surface area contributed by atoms with Gasteiger partial charge in [-0.2, -0.15) is 0 Å². The minimum atomic E-state index is -0.903. The lowest BCUT2D eigenvalue weighted by Gasteiger charge is -2.35. The highest BCUT2D eigenvalue weighted by Gasteiger charge is 2.36. The van der Waals surface area contributed by atoms with Gasteiger partial charge in [0.15, 0.2) is 5.11 Å². The molecule has 5 unspecified atom stereocenters. The lowest BCUT2D eigenvalue weighted by Crippen LogP contribution is -3.08. The Balaban J connectivity index is 1.68. The van der Waals surface area contributed by atoms with E-state index in [1.54, 1.807) is 26.3 Å². The number of likely N-dealkylation sites (N-methyl/N-ethyl adjacent to an activating group) is 1. The standard InChI is InChI=1S/C25H28Cl2N4O2S/c1-14-8-11-21(33-3)19(12-14)28-25(34)30-23-24(32)31(2)20-10-9-15(26)13-17(20)22(29-23)16-6-4-5-7-18(16)27/h4-7,9-10,13-14,19,21,23H,8,11-12H2,1-3H3,(H2,28,30,34)/p+1. The molecule has 2 aromatic rings. The molecule has 0 radical (unpaired) electrons. The number of halogens is 2. The summed E-state index contributed by atoms with van der Waals surface area (Å²) in [6.45, 7) is 2.23. The smallest absolute Gasteiger partial charge is 0.361 e. The molecule has 1 fully saturated rings. The van der Waals surface area contributed by atoms with Gasteiger partial charge in [-0.3, -0.25) is 0 Å². The van der Waals surface area contributed by atoms with Gasteiger partial charge in [0.1, 0.15) is 5.69 Å². The molecule has 6 nitrogen and oxygen atoms in total. The van der Waals surface area contributed by atoms with Crippen LogP contribution in [0.3, 0.4) is 0 Å². The van der Waals surface area contributed by atoms with Crippen LogP contribution in [0.5, 0.6) is 0 Å². The van der Waals surface area contributed by atoms with Crippen molar-refractivity contribution in [2.75, 3.05) is 14.2 Å². The number of benzene rings is 2. The number of carbonyl (C=O) groups excluding carboxylic acids is 1. The Labute approximate surface area is 215 Å². The van der Waals surface area contributed by atoms with E-state index < -0.39 is 6.17 Å². The van der Waals surface area contributed by atoms with E-state index in [-0.39, 0.29) is 18.1 Å². The third-order valence-corrected chi connectivity index (χ3v) is 7.38. The summed E-state index contributed by atoms with van der Waals surface area (Å²) in [5, 5.41) is 7.98. The fraction of sp³-hybridized carbons (Fsp3) is 0.400. The lowest BCUT2D eigenvalue weighted by molar-refractivity contribution is -0.725. The first kappa shape index (κ1) is 25.1. The molecule has 0 saturated heterocycles. The van der Waals surface area contributed by atoms with Crippen molar-refractivity contribution in [2.24, 2.45) is 10.9 Å². The highest BCUT2D eigenvalue weighted by molar-refractivity contribution is 7.80. The number of fused-ring (bicyclic) bond motifs is 1. The molecule has 5 atom stereocenters. The van der Waals surface area contributed by atoms with Crippen molar-refractivity contribution in [3.05, 3.63) is 63.6 Å². The Hall–Kier alpha value is -2.03. The van der Waals surface area contributed by atoms with E-state index in [9.17, 15) is 4.79 Å². The number of methoxy groups -OCH3 is 1. The largest absolute Gasteiger partial charge is 0.379 e.